The highest BCUT2D eigenvalue weighted by atomic mass is 35.5. The molecule has 2 heterocycles. The standard InChI is InChI=1S/C23H21ClFN5O2S/c1-2-31-20-11-17(19(24)12-21(20)32-14-15-3-5-18(25)6-4-15)13-27-30-22(28-29-23(30)33)16-7-9-26-10-8-16/h3-12,27H,2,13-14H2,1H3,(H,29,33). The number of hydrogen-bond acceptors (Lipinski definition) is 6. The van der Waals surface area contributed by atoms with Crippen LogP contribution in [0.5, 0.6) is 11.5 Å². The molecule has 0 fully saturated rings. The van der Waals surface area contributed by atoms with E-state index >= 15 is 0 Å². The van der Waals surface area contributed by atoms with Gasteiger partial charge in [-0.15, -0.1) is 0 Å². The number of benzene rings is 2. The van der Waals surface area contributed by atoms with E-state index in [0.717, 1.165) is 16.7 Å². The van der Waals surface area contributed by atoms with Crippen molar-refractivity contribution in [2.45, 2.75) is 20.1 Å². The number of ether oxygens (including phenoxy) is 2. The van der Waals surface area contributed by atoms with Gasteiger partial charge in [-0.25, -0.2) is 14.2 Å². The van der Waals surface area contributed by atoms with Gasteiger partial charge < -0.3 is 14.9 Å². The molecule has 0 spiro atoms. The van der Waals surface area contributed by atoms with Crippen LogP contribution in [0.1, 0.15) is 18.1 Å². The van der Waals surface area contributed by atoms with Crippen molar-refractivity contribution in [3.63, 3.8) is 0 Å². The summed E-state index contributed by atoms with van der Waals surface area (Å²) in [5, 5.41) is 7.59. The Balaban J connectivity index is 1.53. The van der Waals surface area contributed by atoms with E-state index < -0.39 is 0 Å². The Morgan fingerprint density at radius 2 is 1.82 bits per heavy atom. The lowest BCUT2D eigenvalue weighted by Crippen LogP contribution is -2.16. The summed E-state index contributed by atoms with van der Waals surface area (Å²) in [6, 6.07) is 13.4. The third-order valence-corrected chi connectivity index (χ3v) is 5.38. The van der Waals surface area contributed by atoms with Gasteiger partial charge in [0.05, 0.1) is 13.2 Å². The van der Waals surface area contributed by atoms with E-state index in [2.05, 4.69) is 20.6 Å². The first-order valence-electron chi connectivity index (χ1n) is 10.2. The van der Waals surface area contributed by atoms with E-state index in [-0.39, 0.29) is 12.4 Å². The highest BCUT2D eigenvalue weighted by Gasteiger charge is 2.14. The maximum Gasteiger partial charge on any atom is 0.214 e. The van der Waals surface area contributed by atoms with Gasteiger partial charge in [0.25, 0.3) is 0 Å². The zero-order valence-electron chi connectivity index (χ0n) is 17.7. The van der Waals surface area contributed by atoms with Gasteiger partial charge in [-0.2, -0.15) is 5.10 Å². The van der Waals surface area contributed by atoms with Crippen LogP contribution in [0, 0.1) is 10.6 Å². The second-order valence-corrected chi connectivity index (χ2v) is 7.79. The van der Waals surface area contributed by atoms with Crippen LogP contribution in [0.4, 0.5) is 4.39 Å². The average molecular weight is 486 g/mol. The zero-order valence-corrected chi connectivity index (χ0v) is 19.3. The molecule has 0 atom stereocenters. The smallest absolute Gasteiger partial charge is 0.214 e. The molecule has 10 heteroatoms. The van der Waals surface area contributed by atoms with Gasteiger partial charge in [0.15, 0.2) is 17.3 Å². The number of pyridine rings is 1. The molecule has 2 N–H and O–H groups in total. The van der Waals surface area contributed by atoms with Crippen molar-refractivity contribution in [1.82, 2.24) is 19.9 Å². The summed E-state index contributed by atoms with van der Waals surface area (Å²) in [5.74, 6) is 1.40. The highest BCUT2D eigenvalue weighted by molar-refractivity contribution is 7.71. The van der Waals surface area contributed by atoms with Crippen LogP contribution >= 0.6 is 23.8 Å². The fraction of sp³-hybridized carbons (Fsp3) is 0.174. The van der Waals surface area contributed by atoms with Crippen LogP contribution in [-0.4, -0.2) is 26.5 Å². The Kier molecular flexibility index (Phi) is 7.21. The Morgan fingerprint density at radius 1 is 1.09 bits per heavy atom. The molecule has 170 valence electrons. The second-order valence-electron chi connectivity index (χ2n) is 7.00. The summed E-state index contributed by atoms with van der Waals surface area (Å²) in [4.78, 5) is 4.03. The third kappa shape index (κ3) is 5.50. The lowest BCUT2D eigenvalue weighted by Gasteiger charge is -2.16. The molecular formula is C23H21ClFN5O2S. The topological polar surface area (TPSA) is 77.0 Å². The number of H-pyrrole nitrogens is 1. The van der Waals surface area contributed by atoms with Crippen molar-refractivity contribution < 1.29 is 13.9 Å². The molecule has 0 aliphatic heterocycles. The van der Waals surface area contributed by atoms with Crippen LogP contribution in [0.25, 0.3) is 11.4 Å². The highest BCUT2D eigenvalue weighted by Crippen LogP contribution is 2.34. The van der Waals surface area contributed by atoms with Crippen molar-refractivity contribution in [2.75, 3.05) is 12.0 Å². The van der Waals surface area contributed by atoms with Gasteiger partial charge >= 0.3 is 0 Å². The largest absolute Gasteiger partial charge is 0.490 e. The van der Waals surface area contributed by atoms with Crippen molar-refractivity contribution in [3.8, 4) is 22.9 Å². The van der Waals surface area contributed by atoms with E-state index in [1.807, 2.05) is 25.1 Å². The molecule has 0 unspecified atom stereocenters. The predicted octanol–water partition coefficient (Wildman–Crippen LogP) is 5.52. The molecule has 0 amide bonds. The fourth-order valence-electron chi connectivity index (χ4n) is 3.14. The van der Waals surface area contributed by atoms with Crippen molar-refractivity contribution in [1.29, 1.82) is 0 Å². The minimum absolute atomic E-state index is 0.258. The van der Waals surface area contributed by atoms with Crippen LogP contribution in [0.15, 0.2) is 60.9 Å². The normalized spacial score (nSPS) is 10.8. The van der Waals surface area contributed by atoms with E-state index in [9.17, 15) is 4.39 Å². The average Bonchev–Trinajstić information content (AvgIpc) is 3.20. The Labute approximate surface area is 200 Å². The molecule has 4 rings (SSSR count). The molecule has 0 aliphatic rings. The quantitative estimate of drug-likeness (QED) is 0.304. The molecular weight excluding hydrogens is 465 g/mol. The van der Waals surface area contributed by atoms with E-state index in [1.165, 1.54) is 12.1 Å². The number of nitrogens with zero attached hydrogens (tertiary/aromatic N) is 3. The molecule has 2 aromatic carbocycles. The van der Waals surface area contributed by atoms with Gasteiger partial charge in [-0.05, 0) is 60.6 Å². The molecule has 7 nitrogen and oxygen atoms in total. The van der Waals surface area contributed by atoms with Crippen molar-refractivity contribution in [2.24, 2.45) is 0 Å². The Bertz CT molecular complexity index is 1280. The molecule has 33 heavy (non-hydrogen) atoms. The van der Waals surface area contributed by atoms with Gasteiger partial charge in [0.1, 0.15) is 12.4 Å². The monoisotopic (exact) mass is 485 g/mol. The lowest BCUT2D eigenvalue weighted by molar-refractivity contribution is 0.269. The summed E-state index contributed by atoms with van der Waals surface area (Å²) in [6.45, 7) is 2.97. The van der Waals surface area contributed by atoms with Crippen LogP contribution in [0.2, 0.25) is 5.02 Å². The van der Waals surface area contributed by atoms with Gasteiger partial charge in [0.2, 0.25) is 4.77 Å². The van der Waals surface area contributed by atoms with Crippen LogP contribution in [-0.2, 0) is 13.2 Å². The van der Waals surface area contributed by atoms with Crippen molar-refractivity contribution >= 4 is 23.8 Å². The van der Waals surface area contributed by atoms with Gasteiger partial charge in [-0.3, -0.25) is 4.98 Å². The summed E-state index contributed by atoms with van der Waals surface area (Å²) >= 11 is 11.9. The van der Waals surface area contributed by atoms with E-state index in [4.69, 9.17) is 33.3 Å². The second kappa shape index (κ2) is 10.5. The number of nitrogens with one attached hydrogen (secondary N) is 2. The molecule has 4 aromatic rings. The molecule has 0 saturated heterocycles. The molecule has 0 radical (unpaired) electrons. The Hall–Kier alpha value is -3.43. The fourth-order valence-corrected chi connectivity index (χ4v) is 3.56. The molecule has 2 aromatic heterocycles. The number of aromatic nitrogens is 4. The number of hydrogen-bond donors (Lipinski definition) is 2. The zero-order chi connectivity index (χ0) is 23.2. The Morgan fingerprint density at radius 3 is 2.55 bits per heavy atom. The maximum atomic E-state index is 13.1. The first-order chi connectivity index (χ1) is 16.0. The first-order valence-corrected chi connectivity index (χ1v) is 11.0. The van der Waals surface area contributed by atoms with Crippen LogP contribution in [0.3, 0.4) is 0 Å². The molecule has 0 bridgehead atoms. The number of aromatic amines is 1. The van der Waals surface area contributed by atoms with E-state index in [0.29, 0.717) is 40.3 Å². The summed E-state index contributed by atoms with van der Waals surface area (Å²) in [7, 11) is 0. The lowest BCUT2D eigenvalue weighted by atomic mass is 10.2. The minimum atomic E-state index is -0.293. The number of rotatable bonds is 9. The summed E-state index contributed by atoms with van der Waals surface area (Å²) < 4.78 is 26.9. The minimum Gasteiger partial charge on any atom is -0.490 e. The summed E-state index contributed by atoms with van der Waals surface area (Å²) in [5.41, 5.74) is 5.73. The van der Waals surface area contributed by atoms with E-state index in [1.54, 1.807) is 35.3 Å². The number of halogens is 2. The third-order valence-electron chi connectivity index (χ3n) is 4.76. The predicted molar refractivity (Wildman–Crippen MR) is 127 cm³/mol. The first kappa shape index (κ1) is 22.8. The maximum absolute atomic E-state index is 13.1. The van der Waals surface area contributed by atoms with Gasteiger partial charge in [0, 0.05) is 29.0 Å². The summed E-state index contributed by atoms with van der Waals surface area (Å²) in [6.07, 6.45) is 3.38. The van der Waals surface area contributed by atoms with Crippen molar-refractivity contribution in [3.05, 3.63) is 87.7 Å². The SMILES string of the molecule is CCOc1cc(CNn2c(-c3ccncc3)n[nH]c2=S)c(Cl)cc1OCc1ccc(F)cc1. The van der Waals surface area contributed by atoms with Gasteiger partial charge in [-0.1, -0.05) is 23.7 Å². The molecule has 0 saturated carbocycles. The molecule has 0 aliphatic carbocycles. The van der Waals surface area contributed by atoms with Crippen LogP contribution < -0.4 is 14.9 Å².